The van der Waals surface area contributed by atoms with Gasteiger partial charge >= 0.3 is 5.97 Å². The lowest BCUT2D eigenvalue weighted by atomic mass is 10.2. The largest absolute Gasteiger partial charge is 0.478 e. The standard InChI is InChI=1S/C8H7NO2S/c10-8(11)5-1-2-6-7(3-5)12-4-9-6/h1-3,9H,4H2,(H,10,11). The first-order valence-corrected chi connectivity index (χ1v) is 4.50. The molecule has 62 valence electrons. The van der Waals surface area contributed by atoms with Crippen molar-refractivity contribution in [2.45, 2.75) is 4.90 Å². The van der Waals surface area contributed by atoms with Crippen LogP contribution in [0.2, 0.25) is 0 Å². The van der Waals surface area contributed by atoms with Crippen LogP contribution in [0.25, 0.3) is 0 Å². The first-order chi connectivity index (χ1) is 5.77. The highest BCUT2D eigenvalue weighted by atomic mass is 32.2. The van der Waals surface area contributed by atoms with Gasteiger partial charge < -0.3 is 10.4 Å². The molecule has 12 heavy (non-hydrogen) atoms. The van der Waals surface area contributed by atoms with E-state index in [0.29, 0.717) is 5.56 Å². The van der Waals surface area contributed by atoms with Crippen LogP contribution in [0.1, 0.15) is 10.4 Å². The average Bonchev–Trinajstić information content (AvgIpc) is 2.49. The third-order valence-corrected chi connectivity index (χ3v) is 2.66. The fraction of sp³-hybridized carbons (Fsp3) is 0.125. The van der Waals surface area contributed by atoms with Crippen molar-refractivity contribution in [1.82, 2.24) is 0 Å². The average molecular weight is 181 g/mol. The highest BCUT2D eigenvalue weighted by Crippen LogP contribution is 2.33. The molecule has 0 unspecified atom stereocenters. The SMILES string of the molecule is O=C(O)c1ccc2c(c1)SCN2. The zero-order valence-corrected chi connectivity index (χ0v) is 7.02. The first kappa shape index (κ1) is 7.49. The highest BCUT2D eigenvalue weighted by Gasteiger charge is 2.12. The maximum Gasteiger partial charge on any atom is 0.335 e. The van der Waals surface area contributed by atoms with Gasteiger partial charge in [0.05, 0.1) is 11.4 Å². The Morgan fingerprint density at radius 2 is 2.42 bits per heavy atom. The van der Waals surface area contributed by atoms with Crippen LogP contribution in [0.5, 0.6) is 0 Å². The number of carbonyl (C=O) groups is 1. The fourth-order valence-corrected chi connectivity index (χ4v) is 2.00. The van der Waals surface area contributed by atoms with Gasteiger partial charge in [0, 0.05) is 10.6 Å². The molecule has 0 radical (unpaired) electrons. The normalized spacial score (nSPS) is 13.7. The van der Waals surface area contributed by atoms with Crippen LogP contribution in [0, 0.1) is 0 Å². The van der Waals surface area contributed by atoms with E-state index in [1.54, 1.807) is 30.0 Å². The zero-order valence-electron chi connectivity index (χ0n) is 6.20. The highest BCUT2D eigenvalue weighted by molar-refractivity contribution is 7.99. The lowest BCUT2D eigenvalue weighted by molar-refractivity contribution is 0.0696. The summed E-state index contributed by atoms with van der Waals surface area (Å²) in [7, 11) is 0. The molecule has 0 aliphatic carbocycles. The van der Waals surface area contributed by atoms with Gasteiger partial charge in [0.15, 0.2) is 0 Å². The van der Waals surface area contributed by atoms with E-state index in [-0.39, 0.29) is 0 Å². The Kier molecular flexibility index (Phi) is 1.69. The Morgan fingerprint density at radius 1 is 1.58 bits per heavy atom. The van der Waals surface area contributed by atoms with Gasteiger partial charge in [0.25, 0.3) is 0 Å². The molecular formula is C8H7NO2S. The van der Waals surface area contributed by atoms with E-state index in [1.807, 2.05) is 0 Å². The number of thioether (sulfide) groups is 1. The van der Waals surface area contributed by atoms with E-state index >= 15 is 0 Å². The van der Waals surface area contributed by atoms with E-state index < -0.39 is 5.97 Å². The van der Waals surface area contributed by atoms with E-state index in [0.717, 1.165) is 16.5 Å². The summed E-state index contributed by atoms with van der Waals surface area (Å²) in [5.74, 6) is -0.0383. The van der Waals surface area contributed by atoms with Crippen molar-refractivity contribution in [1.29, 1.82) is 0 Å². The zero-order chi connectivity index (χ0) is 8.55. The molecule has 0 bridgehead atoms. The molecule has 2 N–H and O–H groups in total. The molecule has 2 rings (SSSR count). The minimum absolute atomic E-state index is 0.352. The molecule has 0 aromatic heterocycles. The molecular weight excluding hydrogens is 174 g/mol. The van der Waals surface area contributed by atoms with Crippen LogP contribution in [-0.2, 0) is 0 Å². The van der Waals surface area contributed by atoms with Gasteiger partial charge in [-0.05, 0) is 18.2 Å². The molecule has 1 aliphatic heterocycles. The maximum absolute atomic E-state index is 10.6. The number of aromatic carboxylic acids is 1. The topological polar surface area (TPSA) is 49.3 Å². The van der Waals surface area contributed by atoms with Crippen LogP contribution in [0.4, 0.5) is 5.69 Å². The van der Waals surface area contributed by atoms with Crippen molar-refractivity contribution in [3.8, 4) is 0 Å². The summed E-state index contributed by atoms with van der Waals surface area (Å²) in [5.41, 5.74) is 1.38. The molecule has 0 spiro atoms. The van der Waals surface area contributed by atoms with Gasteiger partial charge in [-0.1, -0.05) is 0 Å². The molecule has 0 saturated heterocycles. The third kappa shape index (κ3) is 1.14. The number of hydrogen-bond acceptors (Lipinski definition) is 3. The van der Waals surface area contributed by atoms with Crippen molar-refractivity contribution >= 4 is 23.4 Å². The Balaban J connectivity index is 2.45. The first-order valence-electron chi connectivity index (χ1n) is 3.51. The van der Waals surface area contributed by atoms with Gasteiger partial charge in [-0.3, -0.25) is 0 Å². The second-order valence-electron chi connectivity index (χ2n) is 2.48. The van der Waals surface area contributed by atoms with Gasteiger partial charge in [0.1, 0.15) is 0 Å². The third-order valence-electron chi connectivity index (χ3n) is 1.72. The number of carboxylic acid groups (broad SMARTS) is 1. The summed E-state index contributed by atoms with van der Waals surface area (Å²) in [6.45, 7) is 0. The second kappa shape index (κ2) is 2.71. The fourth-order valence-electron chi connectivity index (χ4n) is 1.11. The predicted octanol–water partition coefficient (Wildman–Crippen LogP) is 1.86. The van der Waals surface area contributed by atoms with E-state index in [2.05, 4.69) is 5.32 Å². The number of rotatable bonds is 1. The molecule has 1 aromatic rings. The number of fused-ring (bicyclic) bond motifs is 1. The number of nitrogens with one attached hydrogen (secondary N) is 1. The molecule has 0 saturated carbocycles. The monoisotopic (exact) mass is 181 g/mol. The van der Waals surface area contributed by atoms with Gasteiger partial charge in [-0.2, -0.15) is 0 Å². The molecule has 1 heterocycles. The van der Waals surface area contributed by atoms with Crippen molar-refractivity contribution in [3.05, 3.63) is 23.8 Å². The molecule has 0 amide bonds. The quantitative estimate of drug-likeness (QED) is 0.694. The lowest BCUT2D eigenvalue weighted by Crippen LogP contribution is -1.95. The number of carboxylic acids is 1. The Morgan fingerprint density at radius 3 is 3.17 bits per heavy atom. The van der Waals surface area contributed by atoms with Crippen LogP contribution in [-0.4, -0.2) is 17.0 Å². The molecule has 1 aliphatic rings. The van der Waals surface area contributed by atoms with Crippen molar-refractivity contribution in [2.75, 3.05) is 11.2 Å². The van der Waals surface area contributed by atoms with E-state index in [4.69, 9.17) is 5.11 Å². The summed E-state index contributed by atoms with van der Waals surface area (Å²) in [5, 5.41) is 11.8. The molecule has 1 aromatic carbocycles. The van der Waals surface area contributed by atoms with Crippen LogP contribution in [0.15, 0.2) is 23.1 Å². The molecule has 3 nitrogen and oxygen atoms in total. The van der Waals surface area contributed by atoms with E-state index in [9.17, 15) is 4.79 Å². The Labute approximate surface area is 73.8 Å². The minimum Gasteiger partial charge on any atom is -0.478 e. The summed E-state index contributed by atoms with van der Waals surface area (Å²) in [6, 6.07) is 5.11. The smallest absolute Gasteiger partial charge is 0.335 e. The Bertz CT molecular complexity index is 338. The van der Waals surface area contributed by atoms with Crippen molar-refractivity contribution < 1.29 is 9.90 Å². The molecule has 0 atom stereocenters. The summed E-state index contributed by atoms with van der Waals surface area (Å²) in [4.78, 5) is 11.6. The van der Waals surface area contributed by atoms with Crippen LogP contribution >= 0.6 is 11.8 Å². The molecule has 0 fully saturated rings. The number of hydrogen-bond donors (Lipinski definition) is 2. The summed E-state index contributed by atoms with van der Waals surface area (Å²) in [6.07, 6.45) is 0. The van der Waals surface area contributed by atoms with Crippen LogP contribution < -0.4 is 5.32 Å². The second-order valence-corrected chi connectivity index (χ2v) is 3.50. The number of anilines is 1. The van der Waals surface area contributed by atoms with Gasteiger partial charge in [-0.25, -0.2) is 4.79 Å². The lowest BCUT2D eigenvalue weighted by Gasteiger charge is -1.98. The van der Waals surface area contributed by atoms with Crippen LogP contribution in [0.3, 0.4) is 0 Å². The minimum atomic E-state index is -0.870. The summed E-state index contributed by atoms with van der Waals surface area (Å²) >= 11 is 1.62. The predicted molar refractivity (Wildman–Crippen MR) is 47.7 cm³/mol. The van der Waals surface area contributed by atoms with Gasteiger partial charge in [-0.15, -0.1) is 11.8 Å². The number of benzene rings is 1. The Hall–Kier alpha value is -1.16. The maximum atomic E-state index is 10.6. The van der Waals surface area contributed by atoms with Crippen molar-refractivity contribution in [3.63, 3.8) is 0 Å². The van der Waals surface area contributed by atoms with Gasteiger partial charge in [0.2, 0.25) is 0 Å². The summed E-state index contributed by atoms with van der Waals surface area (Å²) < 4.78 is 0. The van der Waals surface area contributed by atoms with E-state index in [1.165, 1.54) is 0 Å². The molecule has 4 heteroatoms. The van der Waals surface area contributed by atoms with Crippen molar-refractivity contribution in [2.24, 2.45) is 0 Å².